The Morgan fingerprint density at radius 1 is 1.24 bits per heavy atom. The van der Waals surface area contributed by atoms with Crippen molar-refractivity contribution in [1.82, 2.24) is 14.8 Å². The van der Waals surface area contributed by atoms with E-state index in [4.69, 9.17) is 0 Å². The number of hydrogen-bond acceptors (Lipinski definition) is 4. The maximum absolute atomic E-state index is 12.4. The number of amides is 1. The highest BCUT2D eigenvalue weighted by Gasteiger charge is 2.22. The van der Waals surface area contributed by atoms with Gasteiger partial charge in [-0.2, -0.15) is 0 Å². The van der Waals surface area contributed by atoms with E-state index in [0.717, 1.165) is 42.1 Å². The maximum Gasteiger partial charge on any atom is 0.254 e. The summed E-state index contributed by atoms with van der Waals surface area (Å²) in [7, 11) is 0. The van der Waals surface area contributed by atoms with Crippen LogP contribution in [0.2, 0.25) is 0 Å². The van der Waals surface area contributed by atoms with Crippen molar-refractivity contribution >= 4 is 33.2 Å². The molecule has 0 unspecified atom stereocenters. The van der Waals surface area contributed by atoms with Gasteiger partial charge in [-0.3, -0.25) is 14.7 Å². The Bertz CT molecular complexity index is 608. The van der Waals surface area contributed by atoms with Gasteiger partial charge in [0.2, 0.25) is 0 Å². The van der Waals surface area contributed by atoms with Crippen LogP contribution >= 0.6 is 27.3 Å². The first-order valence-electron chi connectivity index (χ1n) is 6.87. The van der Waals surface area contributed by atoms with E-state index in [0.29, 0.717) is 0 Å². The number of nitrogens with zero attached hydrogens (tertiary/aromatic N) is 3. The SMILES string of the molecule is O=C(c1csc(Br)c1)N1CCN(Cc2ccncc2)CC1. The summed E-state index contributed by atoms with van der Waals surface area (Å²) in [4.78, 5) is 20.7. The molecule has 0 aromatic carbocycles. The Morgan fingerprint density at radius 3 is 2.57 bits per heavy atom. The summed E-state index contributed by atoms with van der Waals surface area (Å²) in [6, 6.07) is 5.98. The Balaban J connectivity index is 1.54. The number of hydrogen-bond donors (Lipinski definition) is 0. The molecule has 2 aromatic rings. The molecule has 0 radical (unpaired) electrons. The van der Waals surface area contributed by atoms with Crippen LogP contribution in [0.15, 0.2) is 39.8 Å². The third-order valence-corrected chi connectivity index (χ3v) is 5.13. The van der Waals surface area contributed by atoms with Crippen LogP contribution in [0.5, 0.6) is 0 Å². The number of piperazine rings is 1. The van der Waals surface area contributed by atoms with E-state index in [1.54, 1.807) is 11.3 Å². The van der Waals surface area contributed by atoms with E-state index < -0.39 is 0 Å². The first kappa shape index (κ1) is 14.7. The molecule has 4 nitrogen and oxygen atoms in total. The molecule has 1 saturated heterocycles. The molecule has 21 heavy (non-hydrogen) atoms. The van der Waals surface area contributed by atoms with Gasteiger partial charge in [0.05, 0.1) is 9.35 Å². The molecule has 1 aliphatic rings. The molecular weight excluding hydrogens is 350 g/mol. The third kappa shape index (κ3) is 3.70. The fourth-order valence-electron chi connectivity index (χ4n) is 2.46. The van der Waals surface area contributed by atoms with Crippen molar-refractivity contribution in [1.29, 1.82) is 0 Å². The fraction of sp³-hybridized carbons (Fsp3) is 0.333. The average molecular weight is 366 g/mol. The second-order valence-corrected chi connectivity index (χ2v) is 7.35. The molecule has 0 aliphatic carbocycles. The van der Waals surface area contributed by atoms with Gasteiger partial charge in [0.1, 0.15) is 0 Å². The monoisotopic (exact) mass is 365 g/mol. The van der Waals surface area contributed by atoms with Crippen LogP contribution in [0.3, 0.4) is 0 Å². The summed E-state index contributed by atoms with van der Waals surface area (Å²) in [5.74, 6) is 0.139. The van der Waals surface area contributed by atoms with Crippen molar-refractivity contribution < 1.29 is 4.79 Å². The van der Waals surface area contributed by atoms with E-state index in [2.05, 4.69) is 25.8 Å². The molecule has 0 N–H and O–H groups in total. The van der Waals surface area contributed by atoms with Gasteiger partial charge >= 0.3 is 0 Å². The van der Waals surface area contributed by atoms with Crippen molar-refractivity contribution in [3.63, 3.8) is 0 Å². The second-order valence-electron chi connectivity index (χ2n) is 5.06. The minimum Gasteiger partial charge on any atom is -0.336 e. The zero-order valence-electron chi connectivity index (χ0n) is 11.5. The van der Waals surface area contributed by atoms with Gasteiger partial charge in [0.25, 0.3) is 5.91 Å². The van der Waals surface area contributed by atoms with E-state index in [1.807, 2.05) is 40.9 Å². The van der Waals surface area contributed by atoms with Crippen molar-refractivity contribution in [3.8, 4) is 0 Å². The molecular formula is C15H16BrN3OS. The summed E-state index contributed by atoms with van der Waals surface area (Å²) >= 11 is 4.96. The molecule has 6 heteroatoms. The van der Waals surface area contributed by atoms with Crippen LogP contribution in [0, 0.1) is 0 Å². The minimum atomic E-state index is 0.139. The molecule has 2 aromatic heterocycles. The van der Waals surface area contributed by atoms with Crippen molar-refractivity contribution in [2.24, 2.45) is 0 Å². The molecule has 0 bridgehead atoms. The number of halogens is 1. The normalized spacial score (nSPS) is 16.1. The Hall–Kier alpha value is -1.24. The Morgan fingerprint density at radius 2 is 1.95 bits per heavy atom. The summed E-state index contributed by atoms with van der Waals surface area (Å²) in [6.07, 6.45) is 3.65. The molecule has 3 rings (SSSR count). The summed E-state index contributed by atoms with van der Waals surface area (Å²) in [6.45, 7) is 4.34. The van der Waals surface area contributed by atoms with Gasteiger partial charge in [-0.15, -0.1) is 11.3 Å². The highest BCUT2D eigenvalue weighted by molar-refractivity contribution is 9.11. The molecule has 0 spiro atoms. The summed E-state index contributed by atoms with van der Waals surface area (Å²) in [5, 5.41) is 1.91. The molecule has 1 fully saturated rings. The number of pyridine rings is 1. The zero-order chi connectivity index (χ0) is 14.7. The van der Waals surface area contributed by atoms with Gasteiger partial charge in [-0.25, -0.2) is 0 Å². The van der Waals surface area contributed by atoms with E-state index in [1.165, 1.54) is 5.56 Å². The molecule has 110 valence electrons. The molecule has 1 amide bonds. The van der Waals surface area contributed by atoms with E-state index >= 15 is 0 Å². The summed E-state index contributed by atoms with van der Waals surface area (Å²) < 4.78 is 1.00. The topological polar surface area (TPSA) is 36.4 Å². The lowest BCUT2D eigenvalue weighted by atomic mass is 10.2. The fourth-order valence-corrected chi connectivity index (χ4v) is 3.59. The third-order valence-electron chi connectivity index (χ3n) is 3.63. The van der Waals surface area contributed by atoms with Crippen molar-refractivity contribution in [2.75, 3.05) is 26.2 Å². The van der Waals surface area contributed by atoms with Gasteiger partial charge < -0.3 is 4.90 Å². The Kier molecular flexibility index (Phi) is 4.67. The zero-order valence-corrected chi connectivity index (χ0v) is 13.9. The number of aromatic nitrogens is 1. The molecule has 1 aliphatic heterocycles. The number of thiophene rings is 1. The van der Waals surface area contributed by atoms with Crippen LogP contribution in [0.4, 0.5) is 0 Å². The first-order valence-corrected chi connectivity index (χ1v) is 8.54. The van der Waals surface area contributed by atoms with E-state index in [-0.39, 0.29) is 5.91 Å². The Labute approximate surface area is 136 Å². The molecule has 3 heterocycles. The van der Waals surface area contributed by atoms with Crippen LogP contribution in [-0.2, 0) is 6.54 Å². The summed E-state index contributed by atoms with van der Waals surface area (Å²) in [5.41, 5.74) is 2.06. The van der Waals surface area contributed by atoms with Gasteiger partial charge in [-0.1, -0.05) is 0 Å². The van der Waals surface area contributed by atoms with Gasteiger partial charge in [-0.05, 0) is 39.7 Å². The number of carbonyl (C=O) groups excluding carboxylic acids is 1. The highest BCUT2D eigenvalue weighted by Crippen LogP contribution is 2.22. The maximum atomic E-state index is 12.4. The lowest BCUT2D eigenvalue weighted by molar-refractivity contribution is 0.0629. The lowest BCUT2D eigenvalue weighted by Crippen LogP contribution is -2.48. The van der Waals surface area contributed by atoms with Crippen LogP contribution < -0.4 is 0 Å². The lowest BCUT2D eigenvalue weighted by Gasteiger charge is -2.34. The number of carbonyl (C=O) groups is 1. The van der Waals surface area contributed by atoms with E-state index in [9.17, 15) is 4.79 Å². The predicted octanol–water partition coefficient (Wildman–Crippen LogP) is 2.86. The van der Waals surface area contributed by atoms with Crippen LogP contribution in [-0.4, -0.2) is 46.9 Å². The minimum absolute atomic E-state index is 0.139. The second kappa shape index (κ2) is 6.68. The smallest absolute Gasteiger partial charge is 0.254 e. The standard InChI is InChI=1S/C15H16BrN3OS/c16-14-9-13(11-21-14)15(20)19-7-5-18(6-8-19)10-12-1-3-17-4-2-12/h1-4,9,11H,5-8,10H2. The average Bonchev–Trinajstić information content (AvgIpc) is 2.95. The van der Waals surface area contributed by atoms with Crippen molar-refractivity contribution in [2.45, 2.75) is 6.54 Å². The first-order chi connectivity index (χ1) is 10.2. The van der Waals surface area contributed by atoms with Crippen LogP contribution in [0.1, 0.15) is 15.9 Å². The molecule has 0 atom stereocenters. The predicted molar refractivity (Wildman–Crippen MR) is 87.4 cm³/mol. The largest absolute Gasteiger partial charge is 0.336 e. The van der Waals surface area contributed by atoms with Crippen molar-refractivity contribution in [3.05, 3.63) is 50.9 Å². The molecule has 0 saturated carbocycles. The van der Waals surface area contributed by atoms with Gasteiger partial charge in [0, 0.05) is 50.5 Å². The van der Waals surface area contributed by atoms with Gasteiger partial charge in [0.15, 0.2) is 0 Å². The van der Waals surface area contributed by atoms with Crippen LogP contribution in [0.25, 0.3) is 0 Å². The number of rotatable bonds is 3. The quantitative estimate of drug-likeness (QED) is 0.838. The highest BCUT2D eigenvalue weighted by atomic mass is 79.9.